The van der Waals surface area contributed by atoms with Crippen LogP contribution in [0.3, 0.4) is 0 Å². The topological polar surface area (TPSA) is 138 Å². The van der Waals surface area contributed by atoms with E-state index in [1.807, 2.05) is 24.3 Å². The minimum absolute atomic E-state index is 0.0795. The molecule has 6 aromatic rings. The van der Waals surface area contributed by atoms with Crippen molar-refractivity contribution in [3.05, 3.63) is 67.5 Å². The predicted molar refractivity (Wildman–Crippen MR) is 132 cm³/mol. The van der Waals surface area contributed by atoms with Gasteiger partial charge in [0.05, 0.1) is 17.1 Å². The van der Waals surface area contributed by atoms with Crippen LogP contribution in [0.2, 0.25) is 0 Å². The lowest BCUT2D eigenvalue weighted by molar-refractivity contribution is -0.115. The molecule has 35 heavy (non-hydrogen) atoms. The van der Waals surface area contributed by atoms with Gasteiger partial charge in [-0.25, -0.2) is 15.0 Å². The van der Waals surface area contributed by atoms with Gasteiger partial charge in [0.15, 0.2) is 11.5 Å². The van der Waals surface area contributed by atoms with Crippen molar-refractivity contribution in [2.75, 3.05) is 5.32 Å². The lowest BCUT2D eigenvalue weighted by Gasteiger charge is -2.05. The third-order valence-electron chi connectivity index (χ3n) is 5.69. The summed E-state index contributed by atoms with van der Waals surface area (Å²) in [4.78, 5) is 37.2. The van der Waals surface area contributed by atoms with E-state index in [2.05, 4.69) is 40.4 Å². The SMILES string of the molecule is CCC(=O)Nc1ccc(-c2cnc3[nH]nc(-c4nc5c(-c6cccnc6)cncc5[nH]4)c3c2)cn1. The van der Waals surface area contributed by atoms with Gasteiger partial charge < -0.3 is 10.3 Å². The van der Waals surface area contributed by atoms with Crippen molar-refractivity contribution in [1.82, 2.24) is 40.1 Å². The van der Waals surface area contributed by atoms with Crippen LogP contribution in [-0.4, -0.2) is 46.0 Å². The van der Waals surface area contributed by atoms with Crippen molar-refractivity contribution >= 4 is 33.8 Å². The first kappa shape index (κ1) is 20.6. The predicted octanol–water partition coefficient (Wildman–Crippen LogP) is 4.37. The van der Waals surface area contributed by atoms with Gasteiger partial charge in [-0.1, -0.05) is 13.0 Å². The Morgan fingerprint density at radius 1 is 0.971 bits per heavy atom. The van der Waals surface area contributed by atoms with E-state index in [0.29, 0.717) is 29.4 Å². The van der Waals surface area contributed by atoms with Crippen LogP contribution in [0.4, 0.5) is 5.82 Å². The zero-order valence-corrected chi connectivity index (χ0v) is 18.6. The van der Waals surface area contributed by atoms with Gasteiger partial charge in [0.2, 0.25) is 5.91 Å². The van der Waals surface area contributed by atoms with Crippen molar-refractivity contribution in [3.63, 3.8) is 0 Å². The van der Waals surface area contributed by atoms with Crippen molar-refractivity contribution in [3.8, 4) is 33.8 Å². The molecule has 6 rings (SSSR count). The molecular formula is C25H19N9O. The molecule has 3 N–H and O–H groups in total. The average molecular weight is 461 g/mol. The van der Waals surface area contributed by atoms with Crippen molar-refractivity contribution < 1.29 is 4.79 Å². The van der Waals surface area contributed by atoms with Crippen LogP contribution in [0.15, 0.2) is 67.5 Å². The van der Waals surface area contributed by atoms with Crippen molar-refractivity contribution in [1.29, 1.82) is 0 Å². The van der Waals surface area contributed by atoms with Gasteiger partial charge in [0.25, 0.3) is 0 Å². The van der Waals surface area contributed by atoms with E-state index in [1.165, 1.54) is 0 Å². The van der Waals surface area contributed by atoms with Crippen LogP contribution in [-0.2, 0) is 4.79 Å². The molecule has 0 spiro atoms. The molecule has 0 bridgehead atoms. The second-order valence-electron chi connectivity index (χ2n) is 7.94. The maximum Gasteiger partial charge on any atom is 0.225 e. The molecule has 0 atom stereocenters. The van der Waals surface area contributed by atoms with E-state index in [-0.39, 0.29) is 5.91 Å². The second-order valence-corrected chi connectivity index (χ2v) is 7.94. The zero-order valence-electron chi connectivity index (χ0n) is 18.6. The Morgan fingerprint density at radius 2 is 1.89 bits per heavy atom. The Kier molecular flexibility index (Phi) is 4.95. The Labute approximate surface area is 198 Å². The molecule has 0 aliphatic carbocycles. The van der Waals surface area contributed by atoms with Crippen LogP contribution < -0.4 is 5.32 Å². The number of fused-ring (bicyclic) bond motifs is 2. The van der Waals surface area contributed by atoms with Gasteiger partial charge in [-0.3, -0.25) is 19.9 Å². The Bertz CT molecular complexity index is 1670. The number of nitrogens with one attached hydrogen (secondary N) is 3. The Balaban J connectivity index is 1.40. The number of nitrogens with zero attached hydrogens (tertiary/aromatic N) is 6. The largest absolute Gasteiger partial charge is 0.335 e. The smallest absolute Gasteiger partial charge is 0.225 e. The lowest BCUT2D eigenvalue weighted by atomic mass is 10.1. The number of rotatable bonds is 5. The first-order valence-corrected chi connectivity index (χ1v) is 11.0. The van der Waals surface area contributed by atoms with E-state index in [0.717, 1.165) is 38.7 Å². The molecule has 0 unspecified atom stereocenters. The summed E-state index contributed by atoms with van der Waals surface area (Å²) in [6.45, 7) is 1.80. The number of H-pyrrole nitrogens is 2. The summed E-state index contributed by atoms with van der Waals surface area (Å²) in [5.74, 6) is 1.04. The highest BCUT2D eigenvalue weighted by molar-refractivity contribution is 5.96. The number of hydrogen-bond donors (Lipinski definition) is 3. The highest BCUT2D eigenvalue weighted by atomic mass is 16.1. The molecule has 6 heterocycles. The molecule has 0 fully saturated rings. The van der Waals surface area contributed by atoms with Crippen LogP contribution in [0, 0.1) is 0 Å². The fourth-order valence-electron chi connectivity index (χ4n) is 3.89. The molecule has 10 heteroatoms. The number of aromatic nitrogens is 8. The summed E-state index contributed by atoms with van der Waals surface area (Å²) in [5, 5.41) is 11.0. The van der Waals surface area contributed by atoms with E-state index >= 15 is 0 Å². The number of pyridine rings is 4. The number of imidazole rings is 1. The molecule has 170 valence electrons. The molecule has 6 aromatic heterocycles. The van der Waals surface area contributed by atoms with Gasteiger partial charge in [-0.2, -0.15) is 5.10 Å². The number of carbonyl (C=O) groups is 1. The highest BCUT2D eigenvalue weighted by Crippen LogP contribution is 2.31. The van der Waals surface area contributed by atoms with Crippen LogP contribution in [0.25, 0.3) is 55.8 Å². The normalized spacial score (nSPS) is 11.2. The summed E-state index contributed by atoms with van der Waals surface area (Å²) in [7, 11) is 0. The van der Waals surface area contributed by atoms with Crippen molar-refractivity contribution in [2.45, 2.75) is 13.3 Å². The number of aromatic amines is 2. The summed E-state index contributed by atoms with van der Waals surface area (Å²) in [6.07, 6.45) is 10.9. The molecule has 0 aliphatic heterocycles. The van der Waals surface area contributed by atoms with Gasteiger partial charge >= 0.3 is 0 Å². The Hall–Kier alpha value is -4.99. The van der Waals surface area contributed by atoms with Gasteiger partial charge in [-0.15, -0.1) is 0 Å². The number of hydrogen-bond acceptors (Lipinski definition) is 7. The monoisotopic (exact) mass is 461 g/mol. The third-order valence-corrected chi connectivity index (χ3v) is 5.69. The maximum atomic E-state index is 11.6. The van der Waals surface area contributed by atoms with Crippen LogP contribution in [0.1, 0.15) is 13.3 Å². The molecule has 0 saturated carbocycles. The number of amides is 1. The quantitative estimate of drug-likeness (QED) is 0.346. The summed E-state index contributed by atoms with van der Waals surface area (Å²) in [5.41, 5.74) is 6.46. The number of anilines is 1. The Morgan fingerprint density at radius 3 is 2.69 bits per heavy atom. The first-order chi connectivity index (χ1) is 17.2. The fourth-order valence-corrected chi connectivity index (χ4v) is 3.89. The van der Waals surface area contributed by atoms with E-state index in [1.54, 1.807) is 50.2 Å². The first-order valence-electron chi connectivity index (χ1n) is 11.0. The molecule has 0 radical (unpaired) electrons. The molecule has 10 nitrogen and oxygen atoms in total. The highest BCUT2D eigenvalue weighted by Gasteiger charge is 2.17. The van der Waals surface area contributed by atoms with Gasteiger partial charge in [-0.05, 0) is 24.3 Å². The molecule has 0 aromatic carbocycles. The standard InChI is InChI=1S/C25H19N9O/c1-2-21(35)31-20-6-5-14(10-28-20)16-8-17-23(33-34-24(17)29-11-16)25-30-19-13-27-12-18(22(19)32-25)15-4-3-7-26-9-15/h3-13H,2H2,1H3,(H,30,32)(H,28,31,35)(H,29,33,34). The van der Waals surface area contributed by atoms with Crippen LogP contribution in [0.5, 0.6) is 0 Å². The summed E-state index contributed by atoms with van der Waals surface area (Å²) >= 11 is 0. The summed E-state index contributed by atoms with van der Waals surface area (Å²) < 4.78 is 0. The van der Waals surface area contributed by atoms with E-state index in [9.17, 15) is 4.79 Å². The van der Waals surface area contributed by atoms with E-state index < -0.39 is 0 Å². The van der Waals surface area contributed by atoms with Gasteiger partial charge in [0, 0.05) is 59.7 Å². The van der Waals surface area contributed by atoms with Crippen LogP contribution >= 0.6 is 0 Å². The average Bonchev–Trinajstić information content (AvgIpc) is 3.53. The zero-order chi connectivity index (χ0) is 23.8. The number of carbonyl (C=O) groups excluding carboxylic acids is 1. The molecular weight excluding hydrogens is 442 g/mol. The second kappa shape index (κ2) is 8.41. The maximum absolute atomic E-state index is 11.6. The fraction of sp³-hybridized carbons (Fsp3) is 0.0800. The third kappa shape index (κ3) is 3.76. The minimum Gasteiger partial charge on any atom is -0.335 e. The van der Waals surface area contributed by atoms with Gasteiger partial charge in [0.1, 0.15) is 17.0 Å². The minimum atomic E-state index is -0.0795. The van der Waals surface area contributed by atoms with E-state index in [4.69, 9.17) is 4.98 Å². The lowest BCUT2D eigenvalue weighted by Crippen LogP contribution is -2.10. The molecule has 1 amide bonds. The summed E-state index contributed by atoms with van der Waals surface area (Å²) in [6, 6.07) is 9.53. The molecule has 0 aliphatic rings. The molecule has 0 saturated heterocycles. The van der Waals surface area contributed by atoms with Crippen molar-refractivity contribution in [2.24, 2.45) is 0 Å².